The van der Waals surface area contributed by atoms with E-state index in [2.05, 4.69) is 4.99 Å². The van der Waals surface area contributed by atoms with E-state index in [9.17, 15) is 9.59 Å². The molecule has 0 aromatic heterocycles. The van der Waals surface area contributed by atoms with Crippen LogP contribution in [0, 0.1) is 6.92 Å². The second kappa shape index (κ2) is 4.80. The molecule has 112 valence electrons. The zero-order valence-corrected chi connectivity index (χ0v) is 12.5. The van der Waals surface area contributed by atoms with Gasteiger partial charge in [0.25, 0.3) is 5.91 Å². The molecular weight excluding hydrogens is 278 g/mol. The Kier molecular flexibility index (Phi) is 2.89. The average molecular weight is 295 g/mol. The molecule has 1 aromatic rings. The van der Waals surface area contributed by atoms with Gasteiger partial charge in [-0.3, -0.25) is 14.7 Å². The van der Waals surface area contributed by atoms with Crippen molar-refractivity contribution in [2.45, 2.75) is 38.6 Å². The molecule has 4 rings (SSSR count). The first-order valence-electron chi connectivity index (χ1n) is 7.67. The first-order valence-corrected chi connectivity index (χ1v) is 7.67. The third-order valence-electron chi connectivity index (χ3n) is 4.51. The first kappa shape index (κ1) is 13.2. The Balaban J connectivity index is 1.75. The van der Waals surface area contributed by atoms with E-state index in [1.54, 1.807) is 11.1 Å². The number of urea groups is 1. The number of anilines is 1. The van der Waals surface area contributed by atoms with Crippen LogP contribution < -0.4 is 4.90 Å². The number of fused-ring (bicyclic) bond motifs is 2. The van der Waals surface area contributed by atoms with Gasteiger partial charge in [0.2, 0.25) is 0 Å². The molecule has 0 radical (unpaired) electrons. The van der Waals surface area contributed by atoms with Gasteiger partial charge in [-0.1, -0.05) is 17.7 Å². The van der Waals surface area contributed by atoms with Crippen LogP contribution >= 0.6 is 0 Å². The highest BCUT2D eigenvalue weighted by Crippen LogP contribution is 2.37. The third-order valence-corrected chi connectivity index (χ3v) is 4.51. The van der Waals surface area contributed by atoms with E-state index >= 15 is 0 Å². The summed E-state index contributed by atoms with van der Waals surface area (Å²) < 4.78 is 0. The van der Waals surface area contributed by atoms with Gasteiger partial charge in [-0.15, -0.1) is 0 Å². The van der Waals surface area contributed by atoms with Crippen molar-refractivity contribution in [2.75, 3.05) is 4.90 Å². The maximum Gasteiger partial charge on any atom is 0.336 e. The number of amides is 3. The number of nitrogens with zero attached hydrogens (tertiary/aromatic N) is 3. The number of carbonyl (C=O) groups excluding carboxylic acids is 2. The highest BCUT2D eigenvalue weighted by molar-refractivity contribution is 6.27. The fourth-order valence-corrected chi connectivity index (χ4v) is 3.34. The van der Waals surface area contributed by atoms with Crippen molar-refractivity contribution < 1.29 is 9.59 Å². The SMILES string of the molecule is Cc1ccc(N2C(=O)C3C=NC4=C(CCCC4)N3C2=O)cc1. The number of aryl methyl sites for hydroxylation is 1. The zero-order chi connectivity index (χ0) is 15.3. The molecule has 22 heavy (non-hydrogen) atoms. The van der Waals surface area contributed by atoms with Gasteiger partial charge in [0.15, 0.2) is 6.04 Å². The van der Waals surface area contributed by atoms with Gasteiger partial charge in [-0.25, -0.2) is 9.69 Å². The van der Waals surface area contributed by atoms with Crippen LogP contribution in [0.4, 0.5) is 10.5 Å². The number of hydrogen-bond donors (Lipinski definition) is 0. The Morgan fingerprint density at radius 2 is 1.82 bits per heavy atom. The monoisotopic (exact) mass is 295 g/mol. The minimum atomic E-state index is -0.578. The van der Waals surface area contributed by atoms with E-state index in [1.165, 1.54) is 4.90 Å². The Morgan fingerprint density at radius 3 is 2.59 bits per heavy atom. The number of carbonyl (C=O) groups is 2. The summed E-state index contributed by atoms with van der Waals surface area (Å²) in [5.74, 6) is -0.213. The molecule has 5 nitrogen and oxygen atoms in total. The van der Waals surface area contributed by atoms with E-state index in [4.69, 9.17) is 0 Å². The summed E-state index contributed by atoms with van der Waals surface area (Å²) in [6.07, 6.45) is 5.48. The molecule has 0 spiro atoms. The highest BCUT2D eigenvalue weighted by atomic mass is 16.2. The van der Waals surface area contributed by atoms with E-state index in [-0.39, 0.29) is 11.9 Å². The molecule has 0 N–H and O–H groups in total. The van der Waals surface area contributed by atoms with Crippen molar-refractivity contribution in [1.82, 2.24) is 4.90 Å². The Morgan fingerprint density at radius 1 is 1.09 bits per heavy atom. The third kappa shape index (κ3) is 1.81. The Hall–Kier alpha value is -2.43. The van der Waals surface area contributed by atoms with Gasteiger partial charge in [0.05, 0.1) is 11.4 Å². The summed E-state index contributed by atoms with van der Waals surface area (Å²) in [6.45, 7) is 1.98. The van der Waals surface area contributed by atoms with Gasteiger partial charge in [0, 0.05) is 11.9 Å². The van der Waals surface area contributed by atoms with Crippen LogP contribution in [0.3, 0.4) is 0 Å². The molecule has 2 aliphatic heterocycles. The summed E-state index contributed by atoms with van der Waals surface area (Å²) in [7, 11) is 0. The molecule has 1 atom stereocenters. The van der Waals surface area contributed by atoms with Crippen LogP contribution in [0.2, 0.25) is 0 Å². The summed E-state index contributed by atoms with van der Waals surface area (Å²) in [5.41, 5.74) is 3.63. The van der Waals surface area contributed by atoms with Crippen molar-refractivity contribution in [3.63, 3.8) is 0 Å². The average Bonchev–Trinajstić information content (AvgIpc) is 2.80. The quantitative estimate of drug-likeness (QED) is 0.748. The molecule has 1 fully saturated rings. The molecule has 0 bridgehead atoms. The van der Waals surface area contributed by atoms with Crippen molar-refractivity contribution in [2.24, 2.45) is 4.99 Å². The van der Waals surface area contributed by atoms with Gasteiger partial charge >= 0.3 is 6.03 Å². The molecule has 3 aliphatic rings. The molecule has 2 heterocycles. The van der Waals surface area contributed by atoms with Crippen LogP contribution in [-0.4, -0.2) is 29.1 Å². The van der Waals surface area contributed by atoms with Crippen LogP contribution in [0.25, 0.3) is 0 Å². The lowest BCUT2D eigenvalue weighted by molar-refractivity contribution is -0.117. The fourth-order valence-electron chi connectivity index (χ4n) is 3.34. The summed E-state index contributed by atoms with van der Waals surface area (Å²) in [4.78, 5) is 32.8. The standard InChI is InChI=1S/C17H17N3O2/c1-11-6-8-12(9-7-11)19-16(21)15-10-18-13-4-2-3-5-14(13)20(15)17(19)22/h6-10,15H,2-5H2,1H3. The van der Waals surface area contributed by atoms with Crippen molar-refractivity contribution in [1.29, 1.82) is 0 Å². The van der Waals surface area contributed by atoms with E-state index in [1.807, 2.05) is 31.2 Å². The molecule has 5 heteroatoms. The zero-order valence-electron chi connectivity index (χ0n) is 12.5. The molecule has 3 amide bonds. The predicted octanol–water partition coefficient (Wildman–Crippen LogP) is 3.00. The Bertz CT molecular complexity index is 718. The van der Waals surface area contributed by atoms with Crippen molar-refractivity contribution in [3.8, 4) is 0 Å². The maximum absolute atomic E-state index is 12.8. The van der Waals surface area contributed by atoms with Gasteiger partial charge in [-0.2, -0.15) is 0 Å². The summed E-state index contributed by atoms with van der Waals surface area (Å²) >= 11 is 0. The molecule has 1 aliphatic carbocycles. The largest absolute Gasteiger partial charge is 0.336 e. The Labute approximate surface area is 128 Å². The predicted molar refractivity (Wildman–Crippen MR) is 83.7 cm³/mol. The lowest BCUT2D eigenvalue weighted by Crippen LogP contribution is -2.39. The second-order valence-corrected chi connectivity index (χ2v) is 5.99. The summed E-state index contributed by atoms with van der Waals surface area (Å²) in [6, 6.07) is 6.62. The molecule has 1 aromatic carbocycles. The molecule has 1 saturated heterocycles. The topological polar surface area (TPSA) is 53.0 Å². The maximum atomic E-state index is 12.8. The van der Waals surface area contributed by atoms with Crippen LogP contribution in [-0.2, 0) is 4.79 Å². The number of hydrogen-bond acceptors (Lipinski definition) is 3. The van der Waals surface area contributed by atoms with Crippen LogP contribution in [0.15, 0.2) is 40.7 Å². The van der Waals surface area contributed by atoms with Gasteiger partial charge in [0.1, 0.15) is 0 Å². The first-order chi connectivity index (χ1) is 10.7. The minimum Gasteiger partial charge on any atom is -0.278 e. The minimum absolute atomic E-state index is 0.213. The van der Waals surface area contributed by atoms with Crippen molar-refractivity contribution in [3.05, 3.63) is 41.2 Å². The molecule has 1 unspecified atom stereocenters. The van der Waals surface area contributed by atoms with Crippen molar-refractivity contribution >= 4 is 23.8 Å². The normalized spacial score (nSPS) is 24.0. The summed E-state index contributed by atoms with van der Waals surface area (Å²) in [5, 5.41) is 0. The van der Waals surface area contributed by atoms with E-state index < -0.39 is 6.04 Å². The number of benzene rings is 1. The number of allylic oxidation sites excluding steroid dienone is 2. The molecule has 0 saturated carbocycles. The van der Waals surface area contributed by atoms with Crippen LogP contribution in [0.1, 0.15) is 31.2 Å². The highest BCUT2D eigenvalue weighted by Gasteiger charge is 2.48. The second-order valence-electron chi connectivity index (χ2n) is 5.99. The van der Waals surface area contributed by atoms with E-state index in [0.29, 0.717) is 5.69 Å². The number of aliphatic imine (C=N–C) groups is 1. The van der Waals surface area contributed by atoms with Gasteiger partial charge < -0.3 is 0 Å². The smallest absolute Gasteiger partial charge is 0.278 e. The number of imide groups is 1. The number of rotatable bonds is 1. The lowest BCUT2D eigenvalue weighted by atomic mass is 9.98. The fraction of sp³-hybridized carbons (Fsp3) is 0.353. The van der Waals surface area contributed by atoms with E-state index in [0.717, 1.165) is 42.6 Å². The molecular formula is C17H17N3O2. The van der Waals surface area contributed by atoms with Gasteiger partial charge in [-0.05, 0) is 44.7 Å². The van der Waals surface area contributed by atoms with Crippen LogP contribution in [0.5, 0.6) is 0 Å². The lowest BCUT2D eigenvalue weighted by Gasteiger charge is -2.30.